The van der Waals surface area contributed by atoms with Crippen molar-refractivity contribution in [1.82, 2.24) is 13.9 Å². The Labute approximate surface area is 122 Å². The van der Waals surface area contributed by atoms with Crippen molar-refractivity contribution in [2.45, 2.75) is 39.2 Å². The quantitative estimate of drug-likeness (QED) is 0.842. The number of hydrogen-bond acceptors (Lipinski definition) is 3. The van der Waals surface area contributed by atoms with Gasteiger partial charge in [-0.25, -0.2) is 0 Å². The van der Waals surface area contributed by atoms with Crippen molar-refractivity contribution in [2.75, 3.05) is 32.7 Å². The van der Waals surface area contributed by atoms with Crippen LogP contribution in [0.3, 0.4) is 0 Å². The van der Waals surface area contributed by atoms with Gasteiger partial charge in [-0.1, -0.05) is 13.8 Å². The summed E-state index contributed by atoms with van der Waals surface area (Å²) in [5.41, 5.74) is 0. The smallest absolute Gasteiger partial charge is 0.282 e. The lowest BCUT2D eigenvalue weighted by Gasteiger charge is -2.35. The van der Waals surface area contributed by atoms with E-state index in [0.29, 0.717) is 37.4 Å². The van der Waals surface area contributed by atoms with Crippen molar-refractivity contribution in [2.24, 2.45) is 17.8 Å². The molecule has 6 heteroatoms. The van der Waals surface area contributed by atoms with Gasteiger partial charge in [-0.05, 0) is 50.1 Å². The molecule has 0 saturated carbocycles. The van der Waals surface area contributed by atoms with Gasteiger partial charge in [0.2, 0.25) is 0 Å². The minimum Gasteiger partial charge on any atom is -0.316 e. The zero-order valence-corrected chi connectivity index (χ0v) is 13.4. The van der Waals surface area contributed by atoms with Gasteiger partial charge in [0.1, 0.15) is 0 Å². The maximum atomic E-state index is 12.9. The van der Waals surface area contributed by atoms with E-state index in [-0.39, 0.29) is 6.04 Å². The summed E-state index contributed by atoms with van der Waals surface area (Å²) in [7, 11) is -3.25. The third-order valence-electron chi connectivity index (χ3n) is 5.45. The van der Waals surface area contributed by atoms with Gasteiger partial charge in [-0.3, -0.25) is 0 Å². The molecular formula is C14H27N3O2S. The van der Waals surface area contributed by atoms with E-state index in [1.54, 1.807) is 4.31 Å². The average molecular weight is 301 g/mol. The van der Waals surface area contributed by atoms with Crippen LogP contribution in [0.25, 0.3) is 0 Å². The van der Waals surface area contributed by atoms with Crippen LogP contribution in [0.1, 0.15) is 33.1 Å². The third-order valence-corrected chi connectivity index (χ3v) is 7.48. The molecule has 3 saturated heterocycles. The number of hydrogen-bond donors (Lipinski definition) is 1. The molecule has 1 N–H and O–H groups in total. The fourth-order valence-corrected chi connectivity index (χ4v) is 6.12. The molecule has 0 aromatic rings. The summed E-state index contributed by atoms with van der Waals surface area (Å²) in [5, 5.41) is 3.41. The summed E-state index contributed by atoms with van der Waals surface area (Å²) in [6, 6.07) is 0.194. The fourth-order valence-electron chi connectivity index (χ4n) is 4.12. The van der Waals surface area contributed by atoms with Crippen LogP contribution in [0, 0.1) is 17.8 Å². The van der Waals surface area contributed by atoms with Gasteiger partial charge in [-0.15, -0.1) is 0 Å². The van der Waals surface area contributed by atoms with Gasteiger partial charge in [0.15, 0.2) is 0 Å². The Morgan fingerprint density at radius 2 is 1.90 bits per heavy atom. The largest absolute Gasteiger partial charge is 0.316 e. The van der Waals surface area contributed by atoms with Gasteiger partial charge < -0.3 is 5.32 Å². The molecule has 3 fully saturated rings. The van der Waals surface area contributed by atoms with Crippen LogP contribution in [-0.4, -0.2) is 55.8 Å². The Balaban J connectivity index is 1.77. The van der Waals surface area contributed by atoms with E-state index in [9.17, 15) is 8.42 Å². The molecule has 3 rings (SSSR count). The van der Waals surface area contributed by atoms with Gasteiger partial charge in [0.05, 0.1) is 0 Å². The zero-order valence-electron chi connectivity index (χ0n) is 12.6. The van der Waals surface area contributed by atoms with Crippen LogP contribution in [0.15, 0.2) is 0 Å². The topological polar surface area (TPSA) is 52.7 Å². The number of piperidine rings is 1. The minimum atomic E-state index is -3.25. The number of rotatable bonds is 3. The zero-order chi connectivity index (χ0) is 14.3. The first-order valence-electron chi connectivity index (χ1n) is 8.01. The lowest BCUT2D eigenvalue weighted by Crippen LogP contribution is -2.50. The van der Waals surface area contributed by atoms with Crippen LogP contribution >= 0.6 is 0 Å². The van der Waals surface area contributed by atoms with Crippen LogP contribution < -0.4 is 5.32 Å². The molecule has 3 unspecified atom stereocenters. The van der Waals surface area contributed by atoms with Crippen molar-refractivity contribution >= 4 is 10.2 Å². The average Bonchev–Trinajstić information content (AvgIpc) is 2.99. The Hall–Kier alpha value is -0.170. The van der Waals surface area contributed by atoms with Gasteiger partial charge in [-0.2, -0.15) is 17.0 Å². The molecule has 0 amide bonds. The van der Waals surface area contributed by atoms with Crippen molar-refractivity contribution < 1.29 is 8.42 Å². The molecule has 5 nitrogen and oxygen atoms in total. The molecule has 0 aliphatic carbocycles. The van der Waals surface area contributed by atoms with E-state index in [2.05, 4.69) is 19.2 Å². The molecule has 3 atom stereocenters. The molecule has 3 aliphatic rings. The monoisotopic (exact) mass is 301 g/mol. The highest BCUT2D eigenvalue weighted by molar-refractivity contribution is 7.86. The lowest BCUT2D eigenvalue weighted by atomic mass is 9.93. The molecule has 0 radical (unpaired) electrons. The van der Waals surface area contributed by atoms with E-state index in [4.69, 9.17) is 0 Å². The summed E-state index contributed by atoms with van der Waals surface area (Å²) >= 11 is 0. The number of nitrogens with one attached hydrogen (secondary N) is 1. The summed E-state index contributed by atoms with van der Waals surface area (Å²) in [4.78, 5) is 0. The lowest BCUT2D eigenvalue weighted by molar-refractivity contribution is 0.250. The maximum absolute atomic E-state index is 12.9. The molecule has 20 heavy (non-hydrogen) atoms. The van der Waals surface area contributed by atoms with Gasteiger partial charge in [0, 0.05) is 25.7 Å². The summed E-state index contributed by atoms with van der Waals surface area (Å²) in [5.74, 6) is 1.68. The standard InChI is InChI=1S/C14H27N3O2S/c1-3-14-13-9-15-8-12(13)10-17(14)20(18,19)16-6-4-11(2)5-7-16/h11-15H,3-10H2,1-2H3. The molecular weight excluding hydrogens is 274 g/mol. The molecule has 0 bridgehead atoms. The maximum Gasteiger partial charge on any atom is 0.282 e. The Bertz CT molecular complexity index is 445. The van der Waals surface area contributed by atoms with Crippen molar-refractivity contribution in [3.63, 3.8) is 0 Å². The number of fused-ring (bicyclic) bond motifs is 1. The second-order valence-electron chi connectivity index (χ2n) is 6.72. The third kappa shape index (κ3) is 2.40. The molecule has 0 spiro atoms. The number of nitrogens with zero attached hydrogens (tertiary/aromatic N) is 2. The predicted molar refractivity (Wildman–Crippen MR) is 79.5 cm³/mol. The highest BCUT2D eigenvalue weighted by Gasteiger charge is 2.49. The normalized spacial score (nSPS) is 37.4. The Kier molecular flexibility index (Phi) is 4.10. The Morgan fingerprint density at radius 3 is 2.55 bits per heavy atom. The first-order valence-corrected chi connectivity index (χ1v) is 9.41. The van der Waals surface area contributed by atoms with Crippen LogP contribution in [0.4, 0.5) is 0 Å². The van der Waals surface area contributed by atoms with Gasteiger partial charge >= 0.3 is 0 Å². The van der Waals surface area contributed by atoms with Crippen LogP contribution in [-0.2, 0) is 10.2 Å². The second kappa shape index (κ2) is 5.55. The first kappa shape index (κ1) is 14.8. The highest BCUT2D eigenvalue weighted by Crippen LogP contribution is 2.37. The molecule has 3 aliphatic heterocycles. The van der Waals surface area contributed by atoms with E-state index >= 15 is 0 Å². The molecule has 116 valence electrons. The van der Waals surface area contributed by atoms with Crippen LogP contribution in [0.5, 0.6) is 0 Å². The fraction of sp³-hybridized carbons (Fsp3) is 1.00. The minimum absolute atomic E-state index is 0.194. The van der Waals surface area contributed by atoms with E-state index in [1.807, 2.05) is 4.31 Å². The second-order valence-corrected chi connectivity index (χ2v) is 8.60. The highest BCUT2D eigenvalue weighted by atomic mass is 32.2. The van der Waals surface area contributed by atoms with Crippen molar-refractivity contribution in [3.05, 3.63) is 0 Å². The van der Waals surface area contributed by atoms with Gasteiger partial charge in [0.25, 0.3) is 10.2 Å². The molecule has 3 heterocycles. The summed E-state index contributed by atoms with van der Waals surface area (Å²) in [6.07, 6.45) is 2.92. The summed E-state index contributed by atoms with van der Waals surface area (Å²) in [6.45, 7) is 8.39. The van der Waals surface area contributed by atoms with Crippen LogP contribution in [0.2, 0.25) is 0 Å². The first-order chi connectivity index (χ1) is 9.54. The SMILES string of the molecule is CCC1C2CNCC2CN1S(=O)(=O)N1CCC(C)CC1. The van der Waals surface area contributed by atoms with E-state index in [0.717, 1.165) is 32.4 Å². The summed E-state index contributed by atoms with van der Waals surface area (Å²) < 4.78 is 29.4. The molecule has 0 aromatic carbocycles. The van der Waals surface area contributed by atoms with Crippen molar-refractivity contribution in [1.29, 1.82) is 0 Å². The van der Waals surface area contributed by atoms with E-state index in [1.165, 1.54) is 0 Å². The predicted octanol–water partition coefficient (Wildman–Crippen LogP) is 0.893. The van der Waals surface area contributed by atoms with Crippen molar-refractivity contribution in [3.8, 4) is 0 Å². The molecule has 0 aromatic heterocycles. The Morgan fingerprint density at radius 1 is 1.20 bits per heavy atom. The van der Waals surface area contributed by atoms with E-state index < -0.39 is 10.2 Å².